The van der Waals surface area contributed by atoms with Crippen molar-refractivity contribution < 1.29 is 18.0 Å². The van der Waals surface area contributed by atoms with Crippen LogP contribution in [0.4, 0.5) is 5.82 Å². The maximum absolute atomic E-state index is 12.4. The highest BCUT2D eigenvalue weighted by Gasteiger charge is 2.37. The van der Waals surface area contributed by atoms with Gasteiger partial charge < -0.3 is 10.6 Å². The topological polar surface area (TPSA) is 162 Å². The van der Waals surface area contributed by atoms with Gasteiger partial charge in [-0.05, 0) is 17.7 Å². The lowest BCUT2D eigenvalue weighted by molar-refractivity contribution is -0.125. The molecule has 11 nitrogen and oxygen atoms in total. The first-order valence-corrected chi connectivity index (χ1v) is 10.0. The van der Waals surface area contributed by atoms with Gasteiger partial charge in [-0.1, -0.05) is 12.1 Å². The van der Waals surface area contributed by atoms with Crippen LogP contribution in [-0.2, 0) is 40.3 Å². The van der Waals surface area contributed by atoms with Crippen LogP contribution in [0.3, 0.4) is 0 Å². The van der Waals surface area contributed by atoms with Gasteiger partial charge >= 0.3 is 5.69 Å². The number of hydrogen-bond donors (Lipinski definition) is 3. The molecule has 4 N–H and O–H groups in total. The highest BCUT2D eigenvalue weighted by Crippen LogP contribution is 2.30. The van der Waals surface area contributed by atoms with Gasteiger partial charge in [0.15, 0.2) is 0 Å². The third-order valence-electron chi connectivity index (χ3n) is 4.74. The molecular formula is C17H19N5O6S. The van der Waals surface area contributed by atoms with E-state index in [2.05, 4.69) is 10.6 Å². The summed E-state index contributed by atoms with van der Waals surface area (Å²) in [7, 11) is -1.08. The maximum Gasteiger partial charge on any atom is 0.332 e. The second-order valence-corrected chi connectivity index (χ2v) is 8.24. The first-order chi connectivity index (χ1) is 13.5. The van der Waals surface area contributed by atoms with E-state index in [9.17, 15) is 27.6 Å². The molecule has 0 fully saturated rings. The molecule has 1 aliphatic rings. The fourth-order valence-corrected chi connectivity index (χ4v) is 3.64. The van der Waals surface area contributed by atoms with Gasteiger partial charge in [-0.3, -0.25) is 23.5 Å². The second-order valence-electron chi connectivity index (χ2n) is 6.68. The summed E-state index contributed by atoms with van der Waals surface area (Å²) in [6.07, 6.45) is -0.276. The predicted octanol–water partition coefficient (Wildman–Crippen LogP) is -1.53. The number of anilines is 1. The Kier molecular flexibility index (Phi) is 5.15. The highest BCUT2D eigenvalue weighted by molar-refractivity contribution is 7.89. The first-order valence-electron chi connectivity index (χ1n) is 8.50. The molecule has 2 heterocycles. The SMILES string of the molecule is Cn1c2c(c(=O)n(C)c1=O)C(CC(=O)NCc1ccc(S(N)(=O)=O)cc1)C(=O)N2. The molecule has 1 aromatic heterocycles. The summed E-state index contributed by atoms with van der Waals surface area (Å²) >= 11 is 0. The number of rotatable bonds is 5. The summed E-state index contributed by atoms with van der Waals surface area (Å²) in [5, 5.41) is 10.1. The van der Waals surface area contributed by atoms with Gasteiger partial charge in [0, 0.05) is 27.1 Å². The van der Waals surface area contributed by atoms with E-state index in [-0.39, 0.29) is 29.2 Å². The molecule has 0 radical (unpaired) electrons. The molecule has 0 aliphatic carbocycles. The minimum atomic E-state index is -3.80. The molecule has 154 valence electrons. The lowest BCUT2D eigenvalue weighted by Gasteiger charge is -2.11. The molecular weight excluding hydrogens is 402 g/mol. The van der Waals surface area contributed by atoms with Crippen molar-refractivity contribution in [1.82, 2.24) is 14.5 Å². The molecule has 29 heavy (non-hydrogen) atoms. The number of carbonyl (C=O) groups excluding carboxylic acids is 2. The van der Waals surface area contributed by atoms with Gasteiger partial charge in [0.25, 0.3) is 5.56 Å². The van der Waals surface area contributed by atoms with E-state index in [4.69, 9.17) is 5.14 Å². The van der Waals surface area contributed by atoms with Crippen LogP contribution in [0.25, 0.3) is 0 Å². The zero-order chi connectivity index (χ0) is 21.5. The van der Waals surface area contributed by atoms with Crippen molar-refractivity contribution in [1.29, 1.82) is 0 Å². The predicted molar refractivity (Wildman–Crippen MR) is 103 cm³/mol. The molecule has 0 spiro atoms. The van der Waals surface area contributed by atoms with E-state index in [1.807, 2.05) is 0 Å². The molecule has 0 saturated heterocycles. The van der Waals surface area contributed by atoms with Gasteiger partial charge in [-0.2, -0.15) is 0 Å². The Morgan fingerprint density at radius 1 is 1.14 bits per heavy atom. The maximum atomic E-state index is 12.4. The Morgan fingerprint density at radius 2 is 1.76 bits per heavy atom. The van der Waals surface area contributed by atoms with Gasteiger partial charge in [0.1, 0.15) is 5.82 Å². The fourth-order valence-electron chi connectivity index (χ4n) is 3.12. The van der Waals surface area contributed by atoms with Crippen molar-refractivity contribution in [3.63, 3.8) is 0 Å². The van der Waals surface area contributed by atoms with Crippen LogP contribution in [0.5, 0.6) is 0 Å². The average Bonchev–Trinajstić information content (AvgIpc) is 2.99. The van der Waals surface area contributed by atoms with Crippen molar-refractivity contribution in [2.45, 2.75) is 23.8 Å². The van der Waals surface area contributed by atoms with E-state index in [1.54, 1.807) is 0 Å². The normalized spacial score (nSPS) is 15.7. The summed E-state index contributed by atoms with van der Waals surface area (Å²) in [5.74, 6) is -1.94. The van der Waals surface area contributed by atoms with Crippen LogP contribution in [0.1, 0.15) is 23.5 Å². The number of nitrogens with two attached hydrogens (primary N) is 1. The molecule has 1 aliphatic heterocycles. The fraction of sp³-hybridized carbons (Fsp3) is 0.294. The number of hydrogen-bond acceptors (Lipinski definition) is 6. The van der Waals surface area contributed by atoms with E-state index in [1.165, 1.54) is 38.4 Å². The van der Waals surface area contributed by atoms with Gasteiger partial charge in [0.05, 0.1) is 16.4 Å². The van der Waals surface area contributed by atoms with E-state index >= 15 is 0 Å². The quantitative estimate of drug-likeness (QED) is 0.531. The van der Waals surface area contributed by atoms with Crippen LogP contribution >= 0.6 is 0 Å². The molecule has 2 amide bonds. The minimum absolute atomic E-state index is 0.0479. The monoisotopic (exact) mass is 421 g/mol. The van der Waals surface area contributed by atoms with Crippen LogP contribution in [-0.4, -0.2) is 29.4 Å². The van der Waals surface area contributed by atoms with Crippen LogP contribution in [0.15, 0.2) is 38.8 Å². The third-order valence-corrected chi connectivity index (χ3v) is 5.67. The summed E-state index contributed by atoms with van der Waals surface area (Å²) in [6.45, 7) is 0.0935. The first kappa shape index (κ1) is 20.5. The largest absolute Gasteiger partial charge is 0.352 e. The molecule has 1 aromatic carbocycles. The molecule has 1 unspecified atom stereocenters. The highest BCUT2D eigenvalue weighted by atomic mass is 32.2. The standard InChI is InChI=1S/C17H19N5O6S/c1-21-14-13(16(25)22(2)17(21)26)11(15(24)20-14)7-12(23)19-8-9-3-5-10(6-4-9)29(18,27)28/h3-6,11H,7-8H2,1-2H3,(H,19,23)(H,20,24)(H2,18,27,28). The zero-order valence-electron chi connectivity index (χ0n) is 15.6. The van der Waals surface area contributed by atoms with Crippen LogP contribution < -0.4 is 27.0 Å². The van der Waals surface area contributed by atoms with Crippen molar-refractivity contribution in [2.75, 3.05) is 5.32 Å². The summed E-state index contributed by atoms with van der Waals surface area (Å²) in [5.41, 5.74) is -0.507. The van der Waals surface area contributed by atoms with Gasteiger partial charge in [-0.25, -0.2) is 18.4 Å². The molecule has 0 saturated carbocycles. The Bertz CT molecular complexity index is 1230. The molecule has 2 aromatic rings. The van der Waals surface area contributed by atoms with Gasteiger partial charge in [0.2, 0.25) is 21.8 Å². The van der Waals surface area contributed by atoms with E-state index < -0.39 is 39.0 Å². The lowest BCUT2D eigenvalue weighted by Crippen LogP contribution is -2.39. The number of amides is 2. The Balaban J connectivity index is 1.74. The van der Waals surface area contributed by atoms with Crippen molar-refractivity contribution in [3.8, 4) is 0 Å². The molecule has 12 heteroatoms. The number of sulfonamides is 1. The number of nitrogens with one attached hydrogen (secondary N) is 2. The zero-order valence-corrected chi connectivity index (χ0v) is 16.4. The number of benzene rings is 1. The smallest absolute Gasteiger partial charge is 0.332 e. The van der Waals surface area contributed by atoms with E-state index in [0.29, 0.717) is 5.56 Å². The molecule has 0 bridgehead atoms. The van der Waals surface area contributed by atoms with Crippen molar-refractivity contribution in [2.24, 2.45) is 19.2 Å². The molecule has 1 atom stereocenters. The van der Waals surface area contributed by atoms with Crippen molar-refractivity contribution >= 4 is 27.7 Å². The number of carbonyl (C=O) groups is 2. The number of aromatic nitrogens is 2. The summed E-state index contributed by atoms with van der Waals surface area (Å²) in [6, 6.07) is 5.65. The van der Waals surface area contributed by atoms with Crippen LogP contribution in [0.2, 0.25) is 0 Å². The average molecular weight is 421 g/mol. The number of nitrogens with zero attached hydrogens (tertiary/aromatic N) is 2. The minimum Gasteiger partial charge on any atom is -0.352 e. The summed E-state index contributed by atoms with van der Waals surface area (Å²) < 4.78 is 24.5. The van der Waals surface area contributed by atoms with Crippen LogP contribution in [0, 0.1) is 0 Å². The third kappa shape index (κ3) is 3.84. The Hall–Kier alpha value is -3.25. The number of primary sulfonamides is 1. The Morgan fingerprint density at radius 3 is 2.34 bits per heavy atom. The Labute approximate surface area is 165 Å². The number of fused-ring (bicyclic) bond motifs is 1. The van der Waals surface area contributed by atoms with Crippen molar-refractivity contribution in [3.05, 3.63) is 56.2 Å². The molecule has 3 rings (SSSR count). The van der Waals surface area contributed by atoms with Gasteiger partial charge in [-0.15, -0.1) is 0 Å². The lowest BCUT2D eigenvalue weighted by atomic mass is 9.99. The summed E-state index contributed by atoms with van der Waals surface area (Å²) in [4.78, 5) is 49.0. The van der Waals surface area contributed by atoms with E-state index in [0.717, 1.165) is 9.13 Å². The second kappa shape index (κ2) is 7.29.